The first-order valence-electron chi connectivity index (χ1n) is 9.81. The maximum atomic E-state index is 11.3. The molecule has 2 heterocycles. The molecule has 1 unspecified atom stereocenters. The molecule has 3 rings (SSSR count). The average molecular weight is 396 g/mol. The molecule has 0 radical (unpaired) electrons. The molecule has 6 heteroatoms. The van der Waals surface area contributed by atoms with Crippen LogP contribution in [0.5, 0.6) is 5.75 Å². The second-order valence-electron chi connectivity index (χ2n) is 8.26. The third kappa shape index (κ3) is 4.70. The minimum atomic E-state index is -0.784. The van der Waals surface area contributed by atoms with Gasteiger partial charge in [0.2, 0.25) is 0 Å². The number of hydrogen-bond acceptors (Lipinski definition) is 4. The Labute approximate surface area is 171 Å². The lowest BCUT2D eigenvalue weighted by atomic mass is 9.95. The Hall–Kier alpha value is -3.02. The van der Waals surface area contributed by atoms with E-state index in [1.807, 2.05) is 57.6 Å². The van der Waals surface area contributed by atoms with Gasteiger partial charge in [0, 0.05) is 25.0 Å². The summed E-state index contributed by atoms with van der Waals surface area (Å²) in [6.45, 7) is 8.25. The maximum Gasteiger partial charge on any atom is 0.405 e. The highest BCUT2D eigenvalue weighted by atomic mass is 16.6. The van der Waals surface area contributed by atoms with Crippen LogP contribution in [0, 0.1) is 12.8 Å². The highest BCUT2D eigenvalue weighted by Crippen LogP contribution is 2.32. The molecular formula is C23H29N3O3. The van der Waals surface area contributed by atoms with Gasteiger partial charge in [-0.25, -0.2) is 4.79 Å². The fraction of sp³-hybridized carbons (Fsp3) is 0.391. The highest BCUT2D eigenvalue weighted by Gasteiger charge is 2.30. The molecule has 0 bridgehead atoms. The van der Waals surface area contributed by atoms with Gasteiger partial charge in [-0.3, -0.25) is 4.98 Å². The quantitative estimate of drug-likeness (QED) is 0.621. The molecule has 1 amide bonds. The molecule has 2 N–H and O–H groups in total. The zero-order valence-corrected chi connectivity index (χ0v) is 17.7. The predicted molar refractivity (Wildman–Crippen MR) is 115 cm³/mol. The lowest BCUT2D eigenvalue weighted by molar-refractivity contribution is -0.0187. The number of aryl methyl sites for hydroxylation is 2. The van der Waals surface area contributed by atoms with Crippen molar-refractivity contribution in [2.75, 3.05) is 6.61 Å². The summed E-state index contributed by atoms with van der Waals surface area (Å²) in [5.74, 6) is 1.10. The molecule has 6 nitrogen and oxygen atoms in total. The number of pyridine rings is 1. The minimum absolute atomic E-state index is 0.242. The molecule has 154 valence electrons. The van der Waals surface area contributed by atoms with Crippen LogP contribution in [0.1, 0.15) is 32.8 Å². The average Bonchev–Trinajstić information content (AvgIpc) is 3.00. The van der Waals surface area contributed by atoms with E-state index in [0.29, 0.717) is 12.3 Å². The predicted octanol–water partition coefficient (Wildman–Crippen LogP) is 4.83. The van der Waals surface area contributed by atoms with Crippen LogP contribution >= 0.6 is 0 Å². The second-order valence-corrected chi connectivity index (χ2v) is 8.26. The number of ether oxygens (including phenoxy) is 2. The van der Waals surface area contributed by atoms with Crippen LogP contribution in [0.2, 0.25) is 0 Å². The normalized spacial score (nSPS) is 13.4. The molecule has 0 fully saturated rings. The molecule has 0 saturated carbocycles. The molecule has 0 spiro atoms. The van der Waals surface area contributed by atoms with Crippen LogP contribution in [0.25, 0.3) is 22.2 Å². The Morgan fingerprint density at radius 1 is 1.28 bits per heavy atom. The van der Waals surface area contributed by atoms with E-state index >= 15 is 0 Å². The Morgan fingerprint density at radius 3 is 2.69 bits per heavy atom. The fourth-order valence-corrected chi connectivity index (χ4v) is 3.90. The molecular weight excluding hydrogens is 366 g/mol. The van der Waals surface area contributed by atoms with Crippen molar-refractivity contribution >= 4 is 17.1 Å². The second kappa shape index (κ2) is 8.15. The van der Waals surface area contributed by atoms with E-state index < -0.39 is 11.7 Å². The molecule has 2 aromatic heterocycles. The number of carbonyl (C=O) groups is 1. The van der Waals surface area contributed by atoms with Gasteiger partial charge in [-0.2, -0.15) is 0 Å². The van der Waals surface area contributed by atoms with Crippen molar-refractivity contribution in [3.8, 4) is 16.9 Å². The molecule has 0 aliphatic rings. The van der Waals surface area contributed by atoms with Gasteiger partial charge in [0.15, 0.2) is 0 Å². The number of benzene rings is 1. The summed E-state index contributed by atoms with van der Waals surface area (Å²) in [4.78, 5) is 15.8. The van der Waals surface area contributed by atoms with E-state index in [0.717, 1.165) is 33.5 Å². The van der Waals surface area contributed by atoms with Gasteiger partial charge in [0.1, 0.15) is 18.0 Å². The van der Waals surface area contributed by atoms with Gasteiger partial charge in [0.05, 0.1) is 11.0 Å². The van der Waals surface area contributed by atoms with Gasteiger partial charge in [-0.05, 0) is 61.6 Å². The van der Waals surface area contributed by atoms with E-state index in [4.69, 9.17) is 15.2 Å². The van der Waals surface area contributed by atoms with Gasteiger partial charge in [-0.15, -0.1) is 0 Å². The van der Waals surface area contributed by atoms with Crippen LogP contribution < -0.4 is 10.5 Å². The first-order chi connectivity index (χ1) is 13.7. The number of nitrogens with zero attached hydrogens (tertiary/aromatic N) is 2. The number of aromatic nitrogens is 2. The largest absolute Gasteiger partial charge is 0.489 e. The SMILES string of the molecule is Cc1cc(-c2ccnc3ccn(C)c23)ccc1OCC(C)(CC(C)C)OC(N)=O. The van der Waals surface area contributed by atoms with Crippen LogP contribution in [-0.2, 0) is 11.8 Å². The van der Waals surface area contributed by atoms with Gasteiger partial charge in [-0.1, -0.05) is 19.9 Å². The maximum absolute atomic E-state index is 11.3. The van der Waals surface area contributed by atoms with Crippen molar-refractivity contribution in [3.05, 3.63) is 48.3 Å². The first-order valence-corrected chi connectivity index (χ1v) is 9.81. The Balaban J connectivity index is 1.84. The molecule has 0 aliphatic heterocycles. The summed E-state index contributed by atoms with van der Waals surface area (Å²) < 4.78 is 13.5. The van der Waals surface area contributed by atoms with Crippen molar-refractivity contribution in [2.24, 2.45) is 18.7 Å². The number of carbonyl (C=O) groups excluding carboxylic acids is 1. The number of fused-ring (bicyclic) bond motifs is 1. The zero-order chi connectivity index (χ0) is 21.2. The lowest BCUT2D eigenvalue weighted by Gasteiger charge is -2.30. The fourth-order valence-electron chi connectivity index (χ4n) is 3.90. The van der Waals surface area contributed by atoms with E-state index in [1.165, 1.54) is 0 Å². The minimum Gasteiger partial charge on any atom is -0.489 e. The van der Waals surface area contributed by atoms with E-state index in [9.17, 15) is 4.79 Å². The Bertz CT molecular complexity index is 1030. The van der Waals surface area contributed by atoms with Crippen molar-refractivity contribution in [3.63, 3.8) is 0 Å². The summed E-state index contributed by atoms with van der Waals surface area (Å²) in [6.07, 6.45) is 3.72. The molecule has 1 aromatic carbocycles. The van der Waals surface area contributed by atoms with Crippen molar-refractivity contribution < 1.29 is 14.3 Å². The molecule has 3 aromatic rings. The molecule has 1 atom stereocenters. The number of amides is 1. The number of primary amides is 1. The third-order valence-electron chi connectivity index (χ3n) is 4.97. The highest BCUT2D eigenvalue weighted by molar-refractivity contribution is 5.92. The summed E-state index contributed by atoms with van der Waals surface area (Å²) in [5.41, 5.74) is 9.79. The number of rotatable bonds is 7. The van der Waals surface area contributed by atoms with Crippen LogP contribution in [-0.4, -0.2) is 27.9 Å². The first kappa shape index (κ1) is 20.7. The van der Waals surface area contributed by atoms with E-state index in [-0.39, 0.29) is 6.61 Å². The third-order valence-corrected chi connectivity index (χ3v) is 4.97. The van der Waals surface area contributed by atoms with Crippen molar-refractivity contribution in [1.82, 2.24) is 9.55 Å². The monoisotopic (exact) mass is 395 g/mol. The Morgan fingerprint density at radius 2 is 2.03 bits per heavy atom. The summed E-state index contributed by atoms with van der Waals surface area (Å²) in [7, 11) is 2.02. The number of nitrogens with two attached hydrogens (primary N) is 1. The van der Waals surface area contributed by atoms with Crippen molar-refractivity contribution in [2.45, 2.75) is 39.7 Å². The van der Waals surface area contributed by atoms with E-state index in [2.05, 4.69) is 29.5 Å². The van der Waals surface area contributed by atoms with Gasteiger partial charge in [0.25, 0.3) is 0 Å². The lowest BCUT2D eigenvalue weighted by Crippen LogP contribution is -2.41. The summed E-state index contributed by atoms with van der Waals surface area (Å²) in [6, 6.07) is 10.1. The standard InChI is InChI=1S/C23H29N3O3/c1-15(2)13-23(4,29-22(24)27)14-28-20-7-6-17(12-16(20)3)18-8-10-25-19-9-11-26(5)21(18)19/h6-12,15H,13-14H2,1-5H3,(H2,24,27). The zero-order valence-electron chi connectivity index (χ0n) is 17.7. The van der Waals surface area contributed by atoms with Crippen LogP contribution in [0.4, 0.5) is 4.79 Å². The van der Waals surface area contributed by atoms with Crippen LogP contribution in [0.15, 0.2) is 42.7 Å². The van der Waals surface area contributed by atoms with Gasteiger partial charge < -0.3 is 19.8 Å². The smallest absolute Gasteiger partial charge is 0.405 e. The van der Waals surface area contributed by atoms with Crippen molar-refractivity contribution in [1.29, 1.82) is 0 Å². The van der Waals surface area contributed by atoms with E-state index in [1.54, 1.807) is 0 Å². The molecule has 0 saturated heterocycles. The van der Waals surface area contributed by atoms with Crippen LogP contribution in [0.3, 0.4) is 0 Å². The summed E-state index contributed by atoms with van der Waals surface area (Å²) >= 11 is 0. The molecule has 29 heavy (non-hydrogen) atoms. The topological polar surface area (TPSA) is 79.4 Å². The molecule has 0 aliphatic carbocycles. The number of hydrogen-bond donors (Lipinski definition) is 1. The summed E-state index contributed by atoms with van der Waals surface area (Å²) in [5, 5.41) is 0. The Kier molecular flexibility index (Phi) is 5.82. The van der Waals surface area contributed by atoms with Gasteiger partial charge >= 0.3 is 6.09 Å².